The second-order valence-electron chi connectivity index (χ2n) is 4.95. The van der Waals surface area contributed by atoms with Gasteiger partial charge in [0.05, 0.1) is 5.02 Å². The molecule has 0 saturated heterocycles. The molecule has 0 bridgehead atoms. The maximum Gasteiger partial charge on any atom is 0.279 e. The third kappa shape index (κ3) is 3.77. The van der Waals surface area contributed by atoms with Crippen molar-refractivity contribution in [3.63, 3.8) is 0 Å². The standard InChI is InChI=1S/C15H18ClN3O3S2/c1-4-19(5-2)24(21,22)13-10-11(6-7-12(13)16)14(20)17-15-18(3)8-9-23-15/h6-10H,4-5H2,1-3H3. The summed E-state index contributed by atoms with van der Waals surface area (Å²) in [6.45, 7) is 4.14. The number of aryl methyl sites for hydroxylation is 1. The van der Waals surface area contributed by atoms with E-state index in [-0.39, 0.29) is 15.5 Å². The van der Waals surface area contributed by atoms with Gasteiger partial charge in [-0.3, -0.25) is 4.79 Å². The molecule has 24 heavy (non-hydrogen) atoms. The summed E-state index contributed by atoms with van der Waals surface area (Å²) in [5.41, 5.74) is 0.179. The predicted octanol–water partition coefficient (Wildman–Crippen LogP) is 2.51. The van der Waals surface area contributed by atoms with E-state index in [0.717, 1.165) is 0 Å². The fourth-order valence-electron chi connectivity index (χ4n) is 2.12. The first kappa shape index (κ1) is 18.9. The minimum atomic E-state index is -3.75. The van der Waals surface area contributed by atoms with Gasteiger partial charge in [-0.25, -0.2) is 8.42 Å². The van der Waals surface area contributed by atoms with Crippen LogP contribution in [0.25, 0.3) is 0 Å². The summed E-state index contributed by atoms with van der Waals surface area (Å²) in [7, 11) is -1.97. The minimum Gasteiger partial charge on any atom is -0.327 e. The number of halogens is 1. The highest BCUT2D eigenvalue weighted by Gasteiger charge is 2.25. The van der Waals surface area contributed by atoms with Crippen LogP contribution in [0, 0.1) is 0 Å². The third-order valence-electron chi connectivity index (χ3n) is 3.46. The van der Waals surface area contributed by atoms with Gasteiger partial charge in [-0.15, -0.1) is 11.3 Å². The Labute approximate surface area is 150 Å². The molecule has 130 valence electrons. The lowest BCUT2D eigenvalue weighted by atomic mass is 10.2. The summed E-state index contributed by atoms with van der Waals surface area (Å²) in [4.78, 5) is 16.8. The van der Waals surface area contributed by atoms with Crippen molar-refractivity contribution in [1.82, 2.24) is 8.87 Å². The van der Waals surface area contributed by atoms with Gasteiger partial charge in [0, 0.05) is 37.3 Å². The topological polar surface area (TPSA) is 71.7 Å². The number of hydrogen-bond donors (Lipinski definition) is 0. The van der Waals surface area contributed by atoms with E-state index >= 15 is 0 Å². The maximum atomic E-state index is 12.7. The molecule has 0 aliphatic carbocycles. The second kappa shape index (κ2) is 7.60. The monoisotopic (exact) mass is 387 g/mol. The smallest absolute Gasteiger partial charge is 0.279 e. The molecule has 0 fully saturated rings. The average molecular weight is 388 g/mol. The SMILES string of the molecule is CCN(CC)S(=O)(=O)c1cc(C(=O)N=c2sccn2C)ccc1Cl. The molecule has 0 atom stereocenters. The van der Waals surface area contributed by atoms with E-state index in [9.17, 15) is 13.2 Å². The number of thiazole rings is 1. The number of benzene rings is 1. The van der Waals surface area contributed by atoms with Crippen molar-refractivity contribution in [3.8, 4) is 0 Å². The van der Waals surface area contributed by atoms with Crippen molar-refractivity contribution in [3.05, 3.63) is 45.2 Å². The van der Waals surface area contributed by atoms with Crippen LogP contribution in [0.2, 0.25) is 5.02 Å². The Morgan fingerprint density at radius 2 is 2.00 bits per heavy atom. The highest BCUT2D eigenvalue weighted by molar-refractivity contribution is 7.89. The third-order valence-corrected chi connectivity index (χ3v) is 6.84. The highest BCUT2D eigenvalue weighted by atomic mass is 35.5. The van der Waals surface area contributed by atoms with Crippen LogP contribution in [-0.4, -0.2) is 36.3 Å². The van der Waals surface area contributed by atoms with Crippen molar-refractivity contribution >= 4 is 38.9 Å². The van der Waals surface area contributed by atoms with Crippen LogP contribution in [0.3, 0.4) is 0 Å². The molecule has 0 aliphatic rings. The number of rotatable bonds is 5. The molecular weight excluding hydrogens is 370 g/mol. The lowest BCUT2D eigenvalue weighted by molar-refractivity contribution is 0.0997. The van der Waals surface area contributed by atoms with Gasteiger partial charge >= 0.3 is 0 Å². The molecule has 6 nitrogen and oxygen atoms in total. The number of carbonyl (C=O) groups is 1. The Kier molecular flexibility index (Phi) is 5.97. The number of aromatic nitrogens is 1. The summed E-state index contributed by atoms with van der Waals surface area (Å²) in [6.07, 6.45) is 1.79. The van der Waals surface area contributed by atoms with Crippen LogP contribution < -0.4 is 4.80 Å². The molecular formula is C15H18ClN3O3S2. The molecule has 1 amide bonds. The first-order chi connectivity index (χ1) is 11.3. The summed E-state index contributed by atoms with van der Waals surface area (Å²) in [5.74, 6) is -0.513. The second-order valence-corrected chi connectivity index (χ2v) is 8.13. The van der Waals surface area contributed by atoms with E-state index in [0.29, 0.717) is 17.9 Å². The number of amides is 1. The molecule has 1 aromatic heterocycles. The van der Waals surface area contributed by atoms with Crippen LogP contribution in [0.15, 0.2) is 39.7 Å². The van der Waals surface area contributed by atoms with Crippen molar-refractivity contribution in [1.29, 1.82) is 0 Å². The van der Waals surface area contributed by atoms with E-state index in [1.54, 1.807) is 31.7 Å². The molecule has 1 heterocycles. The molecule has 0 N–H and O–H groups in total. The molecule has 2 aromatic rings. The minimum absolute atomic E-state index is 0.0792. The van der Waals surface area contributed by atoms with E-state index < -0.39 is 15.9 Å². The van der Waals surface area contributed by atoms with Crippen molar-refractivity contribution in [2.75, 3.05) is 13.1 Å². The van der Waals surface area contributed by atoms with Crippen LogP contribution in [0.1, 0.15) is 24.2 Å². The molecule has 0 unspecified atom stereocenters. The Balaban J connectivity index is 2.50. The molecule has 1 aromatic carbocycles. The van der Waals surface area contributed by atoms with E-state index in [2.05, 4.69) is 4.99 Å². The highest BCUT2D eigenvalue weighted by Crippen LogP contribution is 2.26. The number of nitrogens with zero attached hydrogens (tertiary/aromatic N) is 3. The van der Waals surface area contributed by atoms with Gasteiger partial charge in [-0.05, 0) is 18.2 Å². The first-order valence-electron chi connectivity index (χ1n) is 7.30. The van der Waals surface area contributed by atoms with Gasteiger partial charge in [0.2, 0.25) is 10.0 Å². The van der Waals surface area contributed by atoms with Gasteiger partial charge in [0.1, 0.15) is 4.90 Å². The molecule has 9 heteroatoms. The van der Waals surface area contributed by atoms with Gasteiger partial charge in [0.25, 0.3) is 5.91 Å². The zero-order valence-electron chi connectivity index (χ0n) is 13.6. The largest absolute Gasteiger partial charge is 0.327 e. The maximum absolute atomic E-state index is 12.7. The summed E-state index contributed by atoms with van der Waals surface area (Å²) >= 11 is 7.38. The molecule has 2 rings (SSSR count). The Hall–Kier alpha value is -1.48. The summed E-state index contributed by atoms with van der Waals surface area (Å²) < 4.78 is 28.3. The molecule has 0 radical (unpaired) electrons. The Morgan fingerprint density at radius 1 is 1.33 bits per heavy atom. The normalized spacial score (nSPS) is 12.8. The average Bonchev–Trinajstić information content (AvgIpc) is 2.93. The lowest BCUT2D eigenvalue weighted by Gasteiger charge is -2.19. The van der Waals surface area contributed by atoms with E-state index in [1.807, 2.05) is 5.38 Å². The number of hydrogen-bond acceptors (Lipinski definition) is 4. The first-order valence-corrected chi connectivity index (χ1v) is 9.99. The number of sulfonamides is 1. The van der Waals surface area contributed by atoms with Crippen molar-refractivity contribution in [2.24, 2.45) is 12.0 Å². The quantitative estimate of drug-likeness (QED) is 0.791. The molecule has 0 spiro atoms. The fourth-order valence-corrected chi connectivity index (χ4v) is 4.81. The van der Waals surface area contributed by atoms with Gasteiger partial charge in [-0.2, -0.15) is 9.30 Å². The van der Waals surface area contributed by atoms with Crippen LogP contribution >= 0.6 is 22.9 Å². The van der Waals surface area contributed by atoms with Gasteiger partial charge < -0.3 is 4.57 Å². The van der Waals surface area contributed by atoms with E-state index in [1.165, 1.54) is 33.8 Å². The Morgan fingerprint density at radius 3 is 2.54 bits per heavy atom. The zero-order chi connectivity index (χ0) is 17.9. The Bertz CT molecular complexity index is 912. The summed E-state index contributed by atoms with van der Waals surface area (Å²) in [6, 6.07) is 4.17. The van der Waals surface area contributed by atoms with E-state index in [4.69, 9.17) is 11.6 Å². The number of carbonyl (C=O) groups excluding carboxylic acids is 1. The van der Waals surface area contributed by atoms with Gasteiger partial charge in [0.15, 0.2) is 4.80 Å². The predicted molar refractivity (Wildman–Crippen MR) is 94.7 cm³/mol. The molecule has 0 aliphatic heterocycles. The van der Waals surface area contributed by atoms with Gasteiger partial charge in [-0.1, -0.05) is 25.4 Å². The van der Waals surface area contributed by atoms with Crippen molar-refractivity contribution in [2.45, 2.75) is 18.7 Å². The van der Waals surface area contributed by atoms with Crippen LogP contribution in [0.4, 0.5) is 0 Å². The zero-order valence-corrected chi connectivity index (χ0v) is 16.0. The van der Waals surface area contributed by atoms with Crippen LogP contribution in [0.5, 0.6) is 0 Å². The fraction of sp³-hybridized carbons (Fsp3) is 0.333. The lowest BCUT2D eigenvalue weighted by Crippen LogP contribution is -2.31. The van der Waals surface area contributed by atoms with Crippen LogP contribution in [-0.2, 0) is 17.1 Å². The van der Waals surface area contributed by atoms with Crippen molar-refractivity contribution < 1.29 is 13.2 Å². The summed E-state index contributed by atoms with van der Waals surface area (Å²) in [5, 5.41) is 1.89. The molecule has 0 saturated carbocycles.